The third-order valence-corrected chi connectivity index (χ3v) is 12.1. The SMILES string of the molecule is Cc1ccccc1-c1c(-c2ccc3c(oc4ccccc43)c2Nc2ccc(-c3ccccc3)cc2)ccc2c1-c1c(C(C)(C)C)cc(C(C)(C)C)cc1C2(C)C. The molecular weight excluding hydrogens is 679 g/mol. The molecule has 0 atom stereocenters. The van der Waals surface area contributed by atoms with Crippen LogP contribution in [0.15, 0.2) is 144 Å². The summed E-state index contributed by atoms with van der Waals surface area (Å²) >= 11 is 0. The molecule has 0 spiro atoms. The van der Waals surface area contributed by atoms with Crippen molar-refractivity contribution in [2.75, 3.05) is 5.32 Å². The second kappa shape index (κ2) is 12.8. The minimum atomic E-state index is -0.188. The van der Waals surface area contributed by atoms with Crippen molar-refractivity contribution in [2.45, 2.75) is 78.6 Å². The van der Waals surface area contributed by atoms with Crippen molar-refractivity contribution in [3.8, 4) is 44.5 Å². The van der Waals surface area contributed by atoms with Gasteiger partial charge >= 0.3 is 0 Å². The maximum absolute atomic E-state index is 6.81. The number of aryl methyl sites for hydroxylation is 1. The van der Waals surface area contributed by atoms with Crippen molar-refractivity contribution in [3.05, 3.63) is 167 Å². The van der Waals surface area contributed by atoms with Gasteiger partial charge in [-0.1, -0.05) is 171 Å². The van der Waals surface area contributed by atoms with Crippen LogP contribution in [-0.2, 0) is 16.2 Å². The third kappa shape index (κ3) is 5.77. The van der Waals surface area contributed by atoms with E-state index in [-0.39, 0.29) is 16.2 Å². The van der Waals surface area contributed by atoms with E-state index in [4.69, 9.17) is 4.42 Å². The van der Waals surface area contributed by atoms with E-state index in [1.165, 1.54) is 66.8 Å². The van der Waals surface area contributed by atoms with Crippen LogP contribution in [0.4, 0.5) is 11.4 Å². The zero-order valence-electron chi connectivity index (χ0n) is 34.2. The quantitative estimate of drug-likeness (QED) is 0.191. The van der Waals surface area contributed by atoms with Crippen LogP contribution in [0.2, 0.25) is 0 Å². The topological polar surface area (TPSA) is 25.2 Å². The average molecular weight is 730 g/mol. The number of furan rings is 1. The molecule has 1 heterocycles. The number of anilines is 2. The highest BCUT2D eigenvalue weighted by Gasteiger charge is 2.42. The van der Waals surface area contributed by atoms with Crippen molar-refractivity contribution < 1.29 is 4.42 Å². The van der Waals surface area contributed by atoms with Gasteiger partial charge in [0.25, 0.3) is 0 Å². The highest BCUT2D eigenvalue weighted by Crippen LogP contribution is 2.59. The summed E-state index contributed by atoms with van der Waals surface area (Å²) in [6.45, 7) is 21.2. The minimum absolute atomic E-state index is 0.0196. The Bertz CT molecular complexity index is 2800. The van der Waals surface area contributed by atoms with E-state index in [0.717, 1.165) is 38.9 Å². The predicted octanol–water partition coefficient (Wildman–Crippen LogP) is 15.5. The second-order valence-corrected chi connectivity index (χ2v) is 18.3. The van der Waals surface area contributed by atoms with Gasteiger partial charge in [0.15, 0.2) is 5.58 Å². The summed E-state index contributed by atoms with van der Waals surface area (Å²) in [5.41, 5.74) is 20.3. The second-order valence-electron chi connectivity index (χ2n) is 18.3. The molecule has 0 aliphatic heterocycles. The lowest BCUT2D eigenvalue weighted by Gasteiger charge is -2.30. The molecule has 0 saturated heterocycles. The van der Waals surface area contributed by atoms with Crippen LogP contribution in [0.1, 0.15) is 83.2 Å². The zero-order chi connectivity index (χ0) is 39.1. The summed E-state index contributed by atoms with van der Waals surface area (Å²) < 4.78 is 6.81. The molecule has 278 valence electrons. The van der Waals surface area contributed by atoms with Gasteiger partial charge in [0, 0.05) is 27.4 Å². The van der Waals surface area contributed by atoms with E-state index in [1.54, 1.807) is 0 Å². The third-order valence-electron chi connectivity index (χ3n) is 12.1. The predicted molar refractivity (Wildman–Crippen MR) is 239 cm³/mol. The van der Waals surface area contributed by atoms with Gasteiger partial charge in [-0.05, 0) is 109 Å². The van der Waals surface area contributed by atoms with E-state index in [9.17, 15) is 0 Å². The molecule has 0 fully saturated rings. The Hall–Kier alpha value is -5.86. The fourth-order valence-corrected chi connectivity index (χ4v) is 8.97. The van der Waals surface area contributed by atoms with Crippen molar-refractivity contribution in [2.24, 2.45) is 0 Å². The number of nitrogens with one attached hydrogen (secondary N) is 1. The Kier molecular flexibility index (Phi) is 8.22. The molecular formula is C54H51NO. The molecule has 56 heavy (non-hydrogen) atoms. The van der Waals surface area contributed by atoms with Gasteiger partial charge < -0.3 is 9.73 Å². The first kappa shape index (κ1) is 35.8. The molecule has 0 bridgehead atoms. The van der Waals surface area contributed by atoms with Crippen LogP contribution in [0.25, 0.3) is 66.4 Å². The molecule has 2 nitrogen and oxygen atoms in total. The number of hydrogen-bond acceptors (Lipinski definition) is 2. The van der Waals surface area contributed by atoms with E-state index in [0.29, 0.717) is 0 Å². The molecule has 1 aromatic heterocycles. The molecule has 0 amide bonds. The molecule has 0 unspecified atom stereocenters. The average Bonchev–Trinajstić information content (AvgIpc) is 3.67. The molecule has 7 aromatic carbocycles. The summed E-state index contributed by atoms with van der Waals surface area (Å²) in [5, 5.41) is 6.13. The van der Waals surface area contributed by atoms with Crippen LogP contribution >= 0.6 is 0 Å². The summed E-state index contributed by atoms with van der Waals surface area (Å²) in [6.07, 6.45) is 0. The number of benzene rings is 7. The number of rotatable bonds is 5. The standard InChI is InChI=1S/C54H51NO/c1-33-17-13-14-20-38(33)47-40(29-30-43-49(47)48-44(53(5,6)7)31-36(52(2,3)4)32-45(48)54(43,8)9)41-27-28-42-39-21-15-16-22-46(39)56-51(42)50(41)55-37-25-23-35(24-26-37)34-18-11-10-12-19-34/h10-32,55H,1-9H3. The maximum Gasteiger partial charge on any atom is 0.159 e. The van der Waals surface area contributed by atoms with E-state index in [2.05, 4.69) is 207 Å². The Labute approximate surface area is 332 Å². The summed E-state index contributed by atoms with van der Waals surface area (Å²) in [7, 11) is 0. The summed E-state index contributed by atoms with van der Waals surface area (Å²) in [5.74, 6) is 0. The lowest BCUT2D eigenvalue weighted by atomic mass is 9.74. The van der Waals surface area contributed by atoms with Gasteiger partial charge in [-0.3, -0.25) is 0 Å². The largest absolute Gasteiger partial charge is 0.454 e. The lowest BCUT2D eigenvalue weighted by molar-refractivity contribution is 0.564. The van der Waals surface area contributed by atoms with Crippen LogP contribution in [-0.4, -0.2) is 0 Å². The van der Waals surface area contributed by atoms with Gasteiger partial charge in [0.05, 0.1) is 5.69 Å². The number of para-hydroxylation sites is 1. The minimum Gasteiger partial charge on any atom is -0.454 e. The van der Waals surface area contributed by atoms with Crippen LogP contribution < -0.4 is 5.32 Å². The monoisotopic (exact) mass is 729 g/mol. The van der Waals surface area contributed by atoms with E-state index in [1.807, 2.05) is 0 Å². The van der Waals surface area contributed by atoms with E-state index < -0.39 is 0 Å². The molecule has 9 rings (SSSR count). The lowest BCUT2D eigenvalue weighted by Crippen LogP contribution is -2.21. The highest BCUT2D eigenvalue weighted by molar-refractivity contribution is 6.14. The first-order valence-electron chi connectivity index (χ1n) is 20.0. The van der Waals surface area contributed by atoms with Gasteiger partial charge in [-0.25, -0.2) is 0 Å². The van der Waals surface area contributed by atoms with Crippen molar-refractivity contribution >= 4 is 33.3 Å². The van der Waals surface area contributed by atoms with Crippen LogP contribution in [0.5, 0.6) is 0 Å². The van der Waals surface area contributed by atoms with Gasteiger partial charge in [0.2, 0.25) is 0 Å². The molecule has 1 aliphatic carbocycles. The first-order valence-corrected chi connectivity index (χ1v) is 20.0. The smallest absolute Gasteiger partial charge is 0.159 e. The Balaban J connectivity index is 1.36. The Morgan fingerprint density at radius 1 is 0.518 bits per heavy atom. The first-order chi connectivity index (χ1) is 26.7. The van der Waals surface area contributed by atoms with Crippen LogP contribution in [0, 0.1) is 6.92 Å². The van der Waals surface area contributed by atoms with Gasteiger partial charge in [0.1, 0.15) is 5.58 Å². The molecule has 8 aromatic rings. The van der Waals surface area contributed by atoms with Gasteiger partial charge in [-0.15, -0.1) is 0 Å². The molecule has 1 N–H and O–H groups in total. The fourth-order valence-electron chi connectivity index (χ4n) is 8.97. The number of fused-ring (bicyclic) bond motifs is 6. The van der Waals surface area contributed by atoms with Gasteiger partial charge in [-0.2, -0.15) is 0 Å². The van der Waals surface area contributed by atoms with Crippen molar-refractivity contribution in [1.82, 2.24) is 0 Å². The normalized spacial score (nSPS) is 13.6. The Morgan fingerprint density at radius 3 is 1.89 bits per heavy atom. The molecule has 0 radical (unpaired) electrons. The maximum atomic E-state index is 6.81. The zero-order valence-corrected chi connectivity index (χ0v) is 34.2. The van der Waals surface area contributed by atoms with Crippen LogP contribution in [0.3, 0.4) is 0 Å². The number of hydrogen-bond donors (Lipinski definition) is 1. The molecule has 2 heteroatoms. The summed E-state index contributed by atoms with van der Waals surface area (Å²) in [6, 6.07) is 51.0. The Morgan fingerprint density at radius 2 is 1.18 bits per heavy atom. The fraction of sp³-hybridized carbons (Fsp3) is 0.222. The molecule has 0 saturated carbocycles. The van der Waals surface area contributed by atoms with E-state index >= 15 is 0 Å². The van der Waals surface area contributed by atoms with Crippen molar-refractivity contribution in [3.63, 3.8) is 0 Å². The van der Waals surface area contributed by atoms with Crippen molar-refractivity contribution in [1.29, 1.82) is 0 Å². The highest BCUT2D eigenvalue weighted by atomic mass is 16.3. The summed E-state index contributed by atoms with van der Waals surface area (Å²) in [4.78, 5) is 0. The molecule has 1 aliphatic rings.